The molecule has 0 saturated carbocycles. The number of rotatable bonds is 3. The number of nitrogens with two attached hydrogens (primary N) is 1. The first-order chi connectivity index (χ1) is 10.1. The SMILES string of the molecule is COc1cccc(N2C(N)=NCC2(C)c2cccnc2)c1. The van der Waals surface area contributed by atoms with Crippen LogP contribution in [0.2, 0.25) is 0 Å². The standard InChI is InChI=1S/C16H18N4O/c1-16(12-5-4-8-18-10-12)11-19-15(17)20(16)13-6-3-7-14(9-13)21-2/h3-10H,11H2,1-2H3,(H2,17,19). The van der Waals surface area contributed by atoms with Gasteiger partial charge in [0.15, 0.2) is 5.96 Å². The zero-order chi connectivity index (χ0) is 14.9. The van der Waals surface area contributed by atoms with Crippen molar-refractivity contribution >= 4 is 11.6 Å². The molecule has 2 heterocycles. The van der Waals surface area contributed by atoms with Crippen LogP contribution in [0.15, 0.2) is 53.8 Å². The fraction of sp³-hybridized carbons (Fsp3) is 0.250. The first kappa shape index (κ1) is 13.4. The molecule has 0 bridgehead atoms. The molecular weight excluding hydrogens is 264 g/mol. The number of aromatic nitrogens is 1. The number of aliphatic imine (C=N–C) groups is 1. The van der Waals surface area contributed by atoms with Gasteiger partial charge in [0.05, 0.1) is 19.2 Å². The molecule has 1 aliphatic rings. The van der Waals surface area contributed by atoms with E-state index in [2.05, 4.69) is 16.9 Å². The lowest BCUT2D eigenvalue weighted by molar-refractivity contribution is 0.414. The zero-order valence-electron chi connectivity index (χ0n) is 12.2. The predicted octanol–water partition coefficient (Wildman–Crippen LogP) is 2.14. The number of nitrogens with zero attached hydrogens (tertiary/aromatic N) is 3. The molecule has 1 unspecified atom stereocenters. The van der Waals surface area contributed by atoms with Crippen LogP contribution < -0.4 is 15.4 Å². The molecule has 0 aliphatic carbocycles. The highest BCUT2D eigenvalue weighted by molar-refractivity contribution is 5.98. The molecule has 0 saturated heterocycles. The number of methoxy groups -OCH3 is 1. The Morgan fingerprint density at radius 1 is 1.29 bits per heavy atom. The van der Waals surface area contributed by atoms with E-state index in [1.165, 1.54) is 0 Å². The molecule has 5 heteroatoms. The topological polar surface area (TPSA) is 63.7 Å². The van der Waals surface area contributed by atoms with Crippen LogP contribution in [0, 0.1) is 0 Å². The summed E-state index contributed by atoms with van der Waals surface area (Å²) in [6.45, 7) is 2.72. The molecule has 0 amide bonds. The summed E-state index contributed by atoms with van der Waals surface area (Å²) in [5.41, 5.74) is 7.83. The summed E-state index contributed by atoms with van der Waals surface area (Å²) in [5.74, 6) is 1.30. The van der Waals surface area contributed by atoms with Crippen molar-refractivity contribution in [2.75, 3.05) is 18.6 Å². The molecule has 0 fully saturated rings. The number of ether oxygens (including phenoxy) is 1. The lowest BCUT2D eigenvalue weighted by Gasteiger charge is -2.36. The van der Waals surface area contributed by atoms with Crippen molar-refractivity contribution in [2.24, 2.45) is 10.7 Å². The Bertz CT molecular complexity index is 671. The number of guanidine groups is 1. The van der Waals surface area contributed by atoms with Gasteiger partial charge < -0.3 is 15.4 Å². The minimum absolute atomic E-state index is 0.343. The second kappa shape index (κ2) is 5.09. The van der Waals surface area contributed by atoms with Gasteiger partial charge in [-0.1, -0.05) is 12.1 Å². The first-order valence-corrected chi connectivity index (χ1v) is 6.80. The molecule has 21 heavy (non-hydrogen) atoms. The normalized spacial score (nSPS) is 21.2. The monoisotopic (exact) mass is 282 g/mol. The van der Waals surface area contributed by atoms with Crippen molar-refractivity contribution in [2.45, 2.75) is 12.5 Å². The maximum Gasteiger partial charge on any atom is 0.196 e. The molecular formula is C16H18N4O. The molecule has 1 aromatic heterocycles. The molecule has 5 nitrogen and oxygen atoms in total. The van der Waals surface area contributed by atoms with E-state index in [0.29, 0.717) is 12.5 Å². The number of hydrogen-bond donors (Lipinski definition) is 1. The van der Waals surface area contributed by atoms with Crippen molar-refractivity contribution in [3.8, 4) is 5.75 Å². The van der Waals surface area contributed by atoms with Gasteiger partial charge in [-0.15, -0.1) is 0 Å². The van der Waals surface area contributed by atoms with Crippen LogP contribution >= 0.6 is 0 Å². The highest BCUT2D eigenvalue weighted by Crippen LogP contribution is 2.37. The Kier molecular flexibility index (Phi) is 3.25. The van der Waals surface area contributed by atoms with Crippen molar-refractivity contribution in [3.63, 3.8) is 0 Å². The van der Waals surface area contributed by atoms with Crippen LogP contribution in [0.3, 0.4) is 0 Å². The van der Waals surface area contributed by atoms with E-state index in [0.717, 1.165) is 17.0 Å². The second-order valence-electron chi connectivity index (χ2n) is 5.23. The summed E-state index contributed by atoms with van der Waals surface area (Å²) in [7, 11) is 1.65. The van der Waals surface area contributed by atoms with Gasteiger partial charge in [-0.3, -0.25) is 9.98 Å². The fourth-order valence-electron chi connectivity index (χ4n) is 2.70. The molecule has 0 spiro atoms. The fourth-order valence-corrected chi connectivity index (χ4v) is 2.70. The summed E-state index contributed by atoms with van der Waals surface area (Å²) < 4.78 is 5.30. The summed E-state index contributed by atoms with van der Waals surface area (Å²) in [5, 5.41) is 0. The van der Waals surface area contributed by atoms with E-state index >= 15 is 0 Å². The van der Waals surface area contributed by atoms with E-state index in [4.69, 9.17) is 10.5 Å². The Hall–Kier alpha value is -2.56. The summed E-state index contributed by atoms with van der Waals surface area (Å²) in [6, 6.07) is 11.8. The van der Waals surface area contributed by atoms with Crippen LogP contribution in [0.1, 0.15) is 12.5 Å². The number of pyridine rings is 1. The zero-order valence-corrected chi connectivity index (χ0v) is 12.2. The van der Waals surface area contributed by atoms with Gasteiger partial charge in [0.2, 0.25) is 0 Å². The average molecular weight is 282 g/mol. The number of anilines is 1. The quantitative estimate of drug-likeness (QED) is 0.936. The lowest BCUT2D eigenvalue weighted by atomic mass is 9.92. The third kappa shape index (κ3) is 2.20. The van der Waals surface area contributed by atoms with Gasteiger partial charge in [-0.25, -0.2) is 0 Å². The lowest BCUT2D eigenvalue weighted by Crippen LogP contribution is -2.47. The Morgan fingerprint density at radius 3 is 2.86 bits per heavy atom. The van der Waals surface area contributed by atoms with E-state index in [9.17, 15) is 0 Å². The molecule has 108 valence electrons. The van der Waals surface area contributed by atoms with Gasteiger partial charge in [0.1, 0.15) is 5.75 Å². The molecule has 3 rings (SSSR count). The minimum atomic E-state index is -0.343. The van der Waals surface area contributed by atoms with Gasteiger partial charge in [0, 0.05) is 24.1 Å². The number of benzene rings is 1. The summed E-state index contributed by atoms with van der Waals surface area (Å²) in [4.78, 5) is 10.7. The Labute approximate surface area is 124 Å². The van der Waals surface area contributed by atoms with Crippen LogP contribution in [0.4, 0.5) is 5.69 Å². The summed E-state index contributed by atoms with van der Waals surface area (Å²) >= 11 is 0. The van der Waals surface area contributed by atoms with Crippen LogP contribution in [0.25, 0.3) is 0 Å². The highest BCUT2D eigenvalue weighted by atomic mass is 16.5. The van der Waals surface area contributed by atoms with Gasteiger partial charge in [-0.05, 0) is 30.7 Å². The van der Waals surface area contributed by atoms with Gasteiger partial charge >= 0.3 is 0 Å². The second-order valence-corrected chi connectivity index (χ2v) is 5.23. The Balaban J connectivity index is 2.07. The first-order valence-electron chi connectivity index (χ1n) is 6.80. The molecule has 1 aromatic carbocycles. The molecule has 2 N–H and O–H groups in total. The maximum absolute atomic E-state index is 6.13. The van der Waals surface area contributed by atoms with E-state index < -0.39 is 0 Å². The van der Waals surface area contributed by atoms with Crippen LogP contribution in [-0.4, -0.2) is 24.6 Å². The molecule has 0 radical (unpaired) electrons. The maximum atomic E-state index is 6.13. The van der Waals surface area contributed by atoms with Gasteiger partial charge in [-0.2, -0.15) is 0 Å². The predicted molar refractivity (Wildman–Crippen MR) is 83.6 cm³/mol. The Morgan fingerprint density at radius 2 is 2.14 bits per heavy atom. The van der Waals surface area contributed by atoms with Crippen molar-refractivity contribution in [3.05, 3.63) is 54.4 Å². The third-order valence-electron chi connectivity index (χ3n) is 3.87. The van der Waals surface area contributed by atoms with Crippen molar-refractivity contribution < 1.29 is 4.74 Å². The van der Waals surface area contributed by atoms with Crippen molar-refractivity contribution in [1.29, 1.82) is 0 Å². The highest BCUT2D eigenvalue weighted by Gasteiger charge is 2.40. The molecule has 1 atom stereocenters. The minimum Gasteiger partial charge on any atom is -0.497 e. The summed E-state index contributed by atoms with van der Waals surface area (Å²) in [6.07, 6.45) is 3.63. The largest absolute Gasteiger partial charge is 0.497 e. The van der Waals surface area contributed by atoms with Crippen LogP contribution in [0.5, 0.6) is 5.75 Å². The third-order valence-corrected chi connectivity index (χ3v) is 3.87. The van der Waals surface area contributed by atoms with Gasteiger partial charge in [0.25, 0.3) is 0 Å². The van der Waals surface area contributed by atoms with E-state index in [-0.39, 0.29) is 5.54 Å². The molecule has 1 aliphatic heterocycles. The van der Waals surface area contributed by atoms with E-state index in [1.54, 1.807) is 13.3 Å². The smallest absolute Gasteiger partial charge is 0.196 e. The van der Waals surface area contributed by atoms with E-state index in [1.807, 2.05) is 47.5 Å². The average Bonchev–Trinajstić information content (AvgIpc) is 2.85. The van der Waals surface area contributed by atoms with Crippen molar-refractivity contribution in [1.82, 2.24) is 4.98 Å². The number of hydrogen-bond acceptors (Lipinski definition) is 5. The molecule has 2 aromatic rings. The van der Waals surface area contributed by atoms with Crippen LogP contribution in [-0.2, 0) is 5.54 Å².